The molecule has 4 aromatic carbocycles. The molecule has 0 saturated heterocycles. The number of benzene rings is 4. The zero-order valence-corrected chi connectivity index (χ0v) is 35.3. The van der Waals surface area contributed by atoms with E-state index >= 15 is 0 Å². The summed E-state index contributed by atoms with van der Waals surface area (Å²) in [6, 6.07) is 34.5. The largest absolute Gasteiger partial charge is 0.387 e. The Kier molecular flexibility index (Phi) is 10.7. The van der Waals surface area contributed by atoms with Gasteiger partial charge in [0.15, 0.2) is 0 Å². The van der Waals surface area contributed by atoms with Crippen LogP contribution in [-0.4, -0.2) is 42.0 Å². The first-order valence-electron chi connectivity index (χ1n) is 21.0. The van der Waals surface area contributed by atoms with Crippen molar-refractivity contribution in [2.24, 2.45) is 21.7 Å². The molecular weight excluding hydrogens is 749 g/mol. The van der Waals surface area contributed by atoms with E-state index in [1.807, 2.05) is 73.1 Å². The van der Waals surface area contributed by atoms with E-state index in [1.165, 1.54) is 0 Å². The molecule has 0 aliphatic heterocycles. The van der Waals surface area contributed by atoms with Crippen LogP contribution in [0.4, 0.5) is 0 Å². The first kappa shape index (κ1) is 40.9. The van der Waals surface area contributed by atoms with E-state index in [0.29, 0.717) is 37.3 Å². The van der Waals surface area contributed by atoms with Crippen molar-refractivity contribution < 1.29 is 19.8 Å². The molecule has 310 valence electrons. The smallest absolute Gasteiger partial charge is 0.229 e. The van der Waals surface area contributed by atoms with Gasteiger partial charge in [0.1, 0.15) is 11.6 Å². The fraction of sp³-hybridized carbons (Fsp3) is 0.360. The third kappa shape index (κ3) is 8.06. The maximum atomic E-state index is 13.8. The molecule has 8 rings (SSSR count). The van der Waals surface area contributed by atoms with E-state index in [4.69, 9.17) is 9.97 Å². The van der Waals surface area contributed by atoms with E-state index in [0.717, 1.165) is 44.8 Å². The van der Waals surface area contributed by atoms with Crippen LogP contribution in [0.1, 0.15) is 114 Å². The van der Waals surface area contributed by atoms with Crippen LogP contribution in [0, 0.1) is 21.7 Å². The summed E-state index contributed by atoms with van der Waals surface area (Å²) >= 11 is 0. The van der Waals surface area contributed by atoms with Gasteiger partial charge in [0.2, 0.25) is 11.8 Å². The van der Waals surface area contributed by atoms with E-state index in [9.17, 15) is 19.8 Å². The molecule has 6 N–H and O–H groups in total. The lowest BCUT2D eigenvalue weighted by atomic mass is 9.84. The number of carbonyl (C=O) groups excluding carboxylic acids is 2. The number of aromatic amines is 2. The summed E-state index contributed by atoms with van der Waals surface area (Å²) < 4.78 is 0. The first-order valence-corrected chi connectivity index (χ1v) is 21.0. The second kappa shape index (κ2) is 15.6. The number of aliphatic hydroxyl groups excluding tert-OH is 2. The molecule has 10 heteroatoms. The van der Waals surface area contributed by atoms with Gasteiger partial charge < -0.3 is 30.8 Å². The van der Waals surface area contributed by atoms with Crippen LogP contribution in [0.25, 0.3) is 33.6 Å². The number of rotatable bonds is 13. The van der Waals surface area contributed by atoms with Gasteiger partial charge in [-0.25, -0.2) is 9.97 Å². The molecule has 4 atom stereocenters. The lowest BCUT2D eigenvalue weighted by Gasteiger charge is -2.32. The number of amides is 2. The van der Waals surface area contributed by atoms with Gasteiger partial charge in [-0.05, 0) is 58.8 Å². The number of nitrogens with zero attached hydrogens (tertiary/aromatic N) is 2. The standard InChI is InChI=1S/C50H56N6O4/c1-47(2,3)39(55-45(59)49(25-26-49)41(57)35-13-9-7-10-14-35)43-51-29-37(53-43)33-21-17-31(18-22-33)32-19-23-34(24-20-32)38-30-52-44(54-38)40(48(4,5)6)56-46(60)50(27-28-50)42(58)36-15-11-8-12-16-36/h7-24,29-30,39-42,57-58H,25-28H2,1-6H3,(H,51,53)(H,52,54)(H,55,59)(H,56,60)/t39-,40-,41?,42?/m1/s1. The fourth-order valence-electron chi connectivity index (χ4n) is 8.30. The predicted octanol–water partition coefficient (Wildman–Crippen LogP) is 9.57. The number of carbonyl (C=O) groups is 2. The summed E-state index contributed by atoms with van der Waals surface area (Å²) in [5, 5.41) is 28.9. The van der Waals surface area contributed by atoms with Crippen LogP contribution in [0.2, 0.25) is 0 Å². The number of hydrogen-bond donors (Lipinski definition) is 6. The number of aliphatic hydroxyl groups is 2. The van der Waals surface area contributed by atoms with Crippen LogP contribution in [0.15, 0.2) is 122 Å². The lowest BCUT2D eigenvalue weighted by Crippen LogP contribution is -2.43. The minimum absolute atomic E-state index is 0.152. The van der Waals surface area contributed by atoms with Crippen LogP contribution in [0.3, 0.4) is 0 Å². The maximum absolute atomic E-state index is 13.8. The number of H-pyrrole nitrogens is 2. The Labute approximate surface area is 352 Å². The molecule has 2 aliphatic carbocycles. The summed E-state index contributed by atoms with van der Waals surface area (Å²) in [5.74, 6) is 1.03. The molecule has 0 bridgehead atoms. The molecule has 2 amide bonds. The molecule has 0 radical (unpaired) electrons. The Morgan fingerprint density at radius 3 is 1.15 bits per heavy atom. The summed E-state index contributed by atoms with van der Waals surface area (Å²) in [6.07, 6.45) is 4.56. The Hall–Kier alpha value is -5.84. The van der Waals surface area contributed by atoms with E-state index in [2.05, 4.69) is 111 Å². The average molecular weight is 805 g/mol. The van der Waals surface area contributed by atoms with Gasteiger partial charge in [0.05, 0.1) is 46.5 Å². The second-order valence-corrected chi connectivity index (χ2v) is 19.0. The molecule has 60 heavy (non-hydrogen) atoms. The Morgan fingerprint density at radius 1 is 0.533 bits per heavy atom. The normalized spacial score (nSPS) is 17.5. The maximum Gasteiger partial charge on any atom is 0.229 e. The molecule has 10 nitrogen and oxygen atoms in total. The van der Waals surface area contributed by atoms with Gasteiger partial charge in [-0.3, -0.25) is 9.59 Å². The van der Waals surface area contributed by atoms with Crippen molar-refractivity contribution in [3.05, 3.63) is 144 Å². The molecule has 2 saturated carbocycles. The Balaban J connectivity index is 0.932. The van der Waals surface area contributed by atoms with Crippen molar-refractivity contribution in [2.75, 3.05) is 0 Å². The quantitative estimate of drug-likeness (QED) is 0.0683. The summed E-state index contributed by atoms with van der Waals surface area (Å²) in [5.41, 5.74) is 4.70. The van der Waals surface area contributed by atoms with E-state index < -0.39 is 35.1 Å². The van der Waals surface area contributed by atoms with Crippen LogP contribution in [-0.2, 0) is 9.59 Å². The first-order chi connectivity index (χ1) is 28.6. The van der Waals surface area contributed by atoms with Crippen molar-refractivity contribution in [3.8, 4) is 33.6 Å². The van der Waals surface area contributed by atoms with Gasteiger partial charge in [-0.2, -0.15) is 0 Å². The van der Waals surface area contributed by atoms with Crippen LogP contribution >= 0.6 is 0 Å². The van der Waals surface area contributed by atoms with Crippen molar-refractivity contribution in [2.45, 2.75) is 91.5 Å². The molecule has 2 heterocycles. The highest BCUT2D eigenvalue weighted by Crippen LogP contribution is 2.57. The third-order valence-corrected chi connectivity index (χ3v) is 12.5. The minimum Gasteiger partial charge on any atom is -0.387 e. The Morgan fingerprint density at radius 2 is 0.850 bits per heavy atom. The Bertz CT molecular complexity index is 2260. The van der Waals surface area contributed by atoms with E-state index in [1.54, 1.807) is 0 Å². The van der Waals surface area contributed by atoms with Gasteiger partial charge in [0.25, 0.3) is 0 Å². The molecule has 0 spiro atoms. The fourth-order valence-corrected chi connectivity index (χ4v) is 8.30. The summed E-state index contributed by atoms with van der Waals surface area (Å²) in [4.78, 5) is 44.1. The second-order valence-electron chi connectivity index (χ2n) is 19.0. The number of hydrogen-bond acceptors (Lipinski definition) is 6. The third-order valence-electron chi connectivity index (χ3n) is 12.5. The summed E-state index contributed by atoms with van der Waals surface area (Å²) in [7, 11) is 0. The van der Waals surface area contributed by atoms with Crippen molar-refractivity contribution in [1.82, 2.24) is 30.6 Å². The molecule has 2 aromatic heterocycles. The van der Waals surface area contributed by atoms with Crippen molar-refractivity contribution >= 4 is 11.8 Å². The monoisotopic (exact) mass is 804 g/mol. The predicted molar refractivity (Wildman–Crippen MR) is 234 cm³/mol. The van der Waals surface area contributed by atoms with Gasteiger partial charge in [0, 0.05) is 23.5 Å². The number of imidazole rings is 2. The zero-order chi connectivity index (χ0) is 42.5. The molecule has 2 fully saturated rings. The highest BCUT2D eigenvalue weighted by Gasteiger charge is 2.57. The topological polar surface area (TPSA) is 156 Å². The van der Waals surface area contributed by atoms with Gasteiger partial charge >= 0.3 is 0 Å². The van der Waals surface area contributed by atoms with Gasteiger partial charge in [-0.15, -0.1) is 0 Å². The number of nitrogens with one attached hydrogen (secondary N) is 4. The highest BCUT2D eigenvalue weighted by molar-refractivity contribution is 5.87. The average Bonchev–Trinajstić information content (AvgIpc) is 4.14. The van der Waals surface area contributed by atoms with Crippen molar-refractivity contribution in [1.29, 1.82) is 0 Å². The number of aromatic nitrogens is 4. The molecule has 6 aromatic rings. The molecule has 2 aliphatic rings. The summed E-state index contributed by atoms with van der Waals surface area (Å²) in [6.45, 7) is 12.4. The zero-order valence-electron chi connectivity index (χ0n) is 35.3. The SMILES string of the molecule is CC(C)(C)[C@H](NC(=O)C1(C(O)c2ccccc2)CC1)c1nc(-c2ccc(-c3ccc(-c4c[nH]c([C@@H](NC(=O)C5(C(O)c6ccccc6)CC5)C(C)(C)C)n4)cc3)cc2)c[nH]1. The molecule has 2 unspecified atom stereocenters. The van der Waals surface area contributed by atoms with Crippen LogP contribution < -0.4 is 10.6 Å². The van der Waals surface area contributed by atoms with Crippen molar-refractivity contribution in [3.63, 3.8) is 0 Å². The highest BCUT2D eigenvalue weighted by atomic mass is 16.3. The van der Waals surface area contributed by atoms with E-state index in [-0.39, 0.29) is 22.6 Å². The molecular formula is C50H56N6O4. The lowest BCUT2D eigenvalue weighted by molar-refractivity contribution is -0.133. The van der Waals surface area contributed by atoms with Gasteiger partial charge in [-0.1, -0.05) is 151 Å². The van der Waals surface area contributed by atoms with Crippen LogP contribution in [0.5, 0.6) is 0 Å². The minimum atomic E-state index is -0.867.